The summed E-state index contributed by atoms with van der Waals surface area (Å²) in [5, 5.41) is 32.7. The van der Waals surface area contributed by atoms with Crippen LogP contribution in [0.3, 0.4) is 0 Å². The van der Waals surface area contributed by atoms with Gasteiger partial charge in [-0.25, -0.2) is 0 Å². The van der Waals surface area contributed by atoms with Crippen LogP contribution in [0.25, 0.3) is 0 Å². The first-order valence-corrected chi connectivity index (χ1v) is 14.8. The number of unbranched alkanes of at least 4 members (excludes halogenated alkanes) is 18. The third-order valence-electron chi connectivity index (χ3n) is 6.98. The predicted molar refractivity (Wildman–Crippen MR) is 144 cm³/mol. The molecular formula is C29H59NO4. The summed E-state index contributed by atoms with van der Waals surface area (Å²) in [6.07, 6.45) is 23.7. The fraction of sp³-hybridized carbons (Fsp3) is 0.966. The Labute approximate surface area is 211 Å². The van der Waals surface area contributed by atoms with Gasteiger partial charge in [-0.15, -0.1) is 0 Å². The molecule has 3 unspecified atom stereocenters. The van der Waals surface area contributed by atoms with Crippen molar-refractivity contribution in [2.45, 2.75) is 173 Å². The van der Waals surface area contributed by atoms with Gasteiger partial charge in [0.15, 0.2) is 0 Å². The lowest BCUT2D eigenvalue weighted by atomic mass is 10.0. The van der Waals surface area contributed by atoms with E-state index in [4.69, 9.17) is 0 Å². The molecule has 0 saturated heterocycles. The first-order chi connectivity index (χ1) is 16.6. The van der Waals surface area contributed by atoms with Crippen LogP contribution >= 0.6 is 0 Å². The highest BCUT2D eigenvalue weighted by molar-refractivity contribution is 5.80. The van der Waals surface area contributed by atoms with Gasteiger partial charge in [0.05, 0.1) is 18.8 Å². The van der Waals surface area contributed by atoms with Crippen molar-refractivity contribution in [1.82, 2.24) is 5.32 Å². The van der Waals surface area contributed by atoms with Crippen molar-refractivity contribution in [2.75, 3.05) is 6.61 Å². The maximum atomic E-state index is 12.2. The van der Waals surface area contributed by atoms with Crippen LogP contribution in [0.4, 0.5) is 0 Å². The van der Waals surface area contributed by atoms with Crippen LogP contribution in [-0.2, 0) is 4.79 Å². The fourth-order valence-corrected chi connectivity index (χ4v) is 4.54. The Morgan fingerprint density at radius 2 is 0.941 bits per heavy atom. The maximum Gasteiger partial charge on any atom is 0.249 e. The molecule has 5 nitrogen and oxygen atoms in total. The van der Waals surface area contributed by atoms with Crippen molar-refractivity contribution in [3.63, 3.8) is 0 Å². The van der Waals surface area contributed by atoms with E-state index in [9.17, 15) is 20.1 Å². The molecule has 1 amide bonds. The van der Waals surface area contributed by atoms with E-state index in [-0.39, 0.29) is 6.61 Å². The molecule has 4 N–H and O–H groups in total. The smallest absolute Gasteiger partial charge is 0.249 e. The van der Waals surface area contributed by atoms with Gasteiger partial charge >= 0.3 is 0 Å². The van der Waals surface area contributed by atoms with Crippen LogP contribution < -0.4 is 5.32 Å². The normalized spacial score (nSPS) is 14.1. The molecule has 0 aromatic carbocycles. The van der Waals surface area contributed by atoms with E-state index in [0.717, 1.165) is 32.1 Å². The number of carbonyl (C=O) groups is 1. The largest absolute Gasteiger partial charge is 0.394 e. The quantitative estimate of drug-likeness (QED) is 0.101. The Morgan fingerprint density at radius 1 is 0.588 bits per heavy atom. The zero-order chi connectivity index (χ0) is 25.3. The first-order valence-electron chi connectivity index (χ1n) is 14.8. The number of nitrogens with one attached hydrogen (secondary N) is 1. The van der Waals surface area contributed by atoms with Gasteiger partial charge in [-0.3, -0.25) is 4.79 Å². The molecule has 0 fully saturated rings. The molecule has 34 heavy (non-hydrogen) atoms. The Bertz CT molecular complexity index is 432. The minimum absolute atomic E-state index is 0.310. The van der Waals surface area contributed by atoms with Crippen LogP contribution in [0.15, 0.2) is 0 Å². The van der Waals surface area contributed by atoms with Crippen LogP contribution in [0.1, 0.15) is 155 Å². The van der Waals surface area contributed by atoms with Crippen molar-refractivity contribution in [3.8, 4) is 0 Å². The second-order valence-corrected chi connectivity index (χ2v) is 10.3. The molecule has 0 rings (SSSR count). The Morgan fingerprint density at radius 3 is 1.32 bits per heavy atom. The number of amides is 1. The highest BCUT2D eigenvalue weighted by atomic mass is 16.3. The van der Waals surface area contributed by atoms with E-state index in [2.05, 4.69) is 19.2 Å². The monoisotopic (exact) mass is 485 g/mol. The minimum Gasteiger partial charge on any atom is -0.394 e. The molecule has 0 aromatic heterocycles. The van der Waals surface area contributed by atoms with Gasteiger partial charge in [-0.1, -0.05) is 142 Å². The third-order valence-corrected chi connectivity index (χ3v) is 6.98. The first kappa shape index (κ1) is 33.4. The maximum absolute atomic E-state index is 12.2. The van der Waals surface area contributed by atoms with Crippen LogP contribution in [0, 0.1) is 0 Å². The predicted octanol–water partition coefficient (Wildman–Crippen LogP) is 6.81. The van der Waals surface area contributed by atoms with E-state index in [1.165, 1.54) is 96.3 Å². The van der Waals surface area contributed by atoms with Gasteiger partial charge in [-0.2, -0.15) is 0 Å². The number of aliphatic hydroxyl groups is 3. The lowest BCUT2D eigenvalue weighted by Gasteiger charge is -2.23. The summed E-state index contributed by atoms with van der Waals surface area (Å²) < 4.78 is 0. The summed E-state index contributed by atoms with van der Waals surface area (Å²) in [6, 6.07) is -0.700. The van der Waals surface area contributed by atoms with Gasteiger partial charge in [0.1, 0.15) is 6.10 Å². The number of hydrogen-bond acceptors (Lipinski definition) is 4. The van der Waals surface area contributed by atoms with Gasteiger partial charge in [0, 0.05) is 0 Å². The minimum atomic E-state index is -1.06. The summed E-state index contributed by atoms with van der Waals surface area (Å²) in [6.45, 7) is 4.15. The lowest BCUT2D eigenvalue weighted by molar-refractivity contribution is -0.131. The zero-order valence-corrected chi connectivity index (χ0v) is 22.7. The molecule has 204 valence electrons. The summed E-state index contributed by atoms with van der Waals surface area (Å²) in [5.41, 5.74) is 0. The summed E-state index contributed by atoms with van der Waals surface area (Å²) in [5.74, 6) is -0.477. The van der Waals surface area contributed by atoms with Crippen LogP contribution in [0.5, 0.6) is 0 Å². The third kappa shape index (κ3) is 20.7. The number of hydrogen-bond donors (Lipinski definition) is 4. The molecule has 0 saturated carbocycles. The van der Waals surface area contributed by atoms with E-state index >= 15 is 0 Å². The van der Waals surface area contributed by atoms with Crippen molar-refractivity contribution < 1.29 is 20.1 Å². The average molecular weight is 486 g/mol. The molecule has 0 spiro atoms. The fourth-order valence-electron chi connectivity index (χ4n) is 4.54. The molecule has 0 heterocycles. The zero-order valence-electron chi connectivity index (χ0n) is 22.7. The topological polar surface area (TPSA) is 89.8 Å². The molecule has 0 radical (unpaired) electrons. The average Bonchev–Trinajstić information content (AvgIpc) is 2.84. The Kier molecular flexibility index (Phi) is 25.0. The summed E-state index contributed by atoms with van der Waals surface area (Å²) >= 11 is 0. The summed E-state index contributed by atoms with van der Waals surface area (Å²) in [7, 11) is 0. The van der Waals surface area contributed by atoms with Crippen LogP contribution in [-0.4, -0.2) is 46.1 Å². The second kappa shape index (κ2) is 25.4. The summed E-state index contributed by atoms with van der Waals surface area (Å²) in [4.78, 5) is 12.2. The van der Waals surface area contributed by atoms with Crippen molar-refractivity contribution in [1.29, 1.82) is 0 Å². The number of carbonyl (C=O) groups excluding carboxylic acids is 1. The second-order valence-electron chi connectivity index (χ2n) is 10.3. The van der Waals surface area contributed by atoms with Gasteiger partial charge in [0.2, 0.25) is 5.91 Å². The molecule has 0 aliphatic heterocycles. The van der Waals surface area contributed by atoms with Gasteiger partial charge < -0.3 is 20.6 Å². The van der Waals surface area contributed by atoms with Gasteiger partial charge in [-0.05, 0) is 12.8 Å². The Hall–Kier alpha value is -0.650. The molecule has 3 atom stereocenters. The van der Waals surface area contributed by atoms with E-state index < -0.39 is 24.2 Å². The SMILES string of the molecule is CCCCCCCCCCCCCCCC(O)C(CO)NC(=O)C(O)CCCCCCCCC. The molecule has 0 aliphatic rings. The van der Waals surface area contributed by atoms with Crippen LogP contribution in [0.2, 0.25) is 0 Å². The highest BCUT2D eigenvalue weighted by Crippen LogP contribution is 2.14. The standard InChI is InChI=1S/C29H59NO4/c1-3-5-7-9-11-12-13-14-15-16-18-19-21-23-27(32)26(25-31)30-29(34)28(33)24-22-20-17-10-8-6-4-2/h26-28,31-33H,3-25H2,1-2H3,(H,30,34). The van der Waals surface area contributed by atoms with E-state index in [1.807, 2.05) is 0 Å². The van der Waals surface area contributed by atoms with E-state index in [0.29, 0.717) is 12.8 Å². The number of rotatable bonds is 26. The molecule has 0 aromatic rings. The molecule has 5 heteroatoms. The molecule has 0 aliphatic carbocycles. The Balaban J connectivity index is 3.73. The van der Waals surface area contributed by atoms with Crippen molar-refractivity contribution in [2.24, 2.45) is 0 Å². The molecule has 0 bridgehead atoms. The van der Waals surface area contributed by atoms with Crippen molar-refractivity contribution in [3.05, 3.63) is 0 Å². The molecular weight excluding hydrogens is 426 g/mol. The highest BCUT2D eigenvalue weighted by Gasteiger charge is 2.23. The van der Waals surface area contributed by atoms with Crippen molar-refractivity contribution >= 4 is 5.91 Å². The van der Waals surface area contributed by atoms with Gasteiger partial charge in [0.25, 0.3) is 0 Å². The van der Waals surface area contributed by atoms with E-state index in [1.54, 1.807) is 0 Å². The number of aliphatic hydroxyl groups excluding tert-OH is 3. The lowest BCUT2D eigenvalue weighted by Crippen LogP contribution is -2.49.